The van der Waals surface area contributed by atoms with Gasteiger partial charge in [0.05, 0.1) is 6.10 Å². The van der Waals surface area contributed by atoms with E-state index < -0.39 is 0 Å². The van der Waals surface area contributed by atoms with Gasteiger partial charge in [0.15, 0.2) is 0 Å². The van der Waals surface area contributed by atoms with E-state index in [1.54, 1.807) is 0 Å². The van der Waals surface area contributed by atoms with Gasteiger partial charge in [-0.3, -0.25) is 0 Å². The molecule has 0 radical (unpaired) electrons. The third-order valence-corrected chi connectivity index (χ3v) is 3.21. The largest absolute Gasteiger partial charge is 0.389 e. The van der Waals surface area contributed by atoms with Crippen molar-refractivity contribution in [2.24, 2.45) is 11.8 Å². The van der Waals surface area contributed by atoms with Crippen LogP contribution in [0.1, 0.15) is 34.1 Å². The minimum atomic E-state index is -0.211. The van der Waals surface area contributed by atoms with Crippen LogP contribution in [0.25, 0.3) is 0 Å². The summed E-state index contributed by atoms with van der Waals surface area (Å²) in [5.41, 5.74) is 2.87. The number of hydrogen-bond acceptors (Lipinski definition) is 1. The summed E-state index contributed by atoms with van der Waals surface area (Å²) in [6.45, 7) is 8.75. The maximum atomic E-state index is 9.37. The Morgan fingerprint density at radius 2 is 1.92 bits per heavy atom. The highest BCUT2D eigenvalue weighted by Gasteiger charge is 2.23. The Balaban J connectivity index is 2.65. The Morgan fingerprint density at radius 1 is 1.31 bits per heavy atom. The van der Waals surface area contributed by atoms with Gasteiger partial charge in [0.2, 0.25) is 0 Å². The summed E-state index contributed by atoms with van der Waals surface area (Å²) in [5.74, 6) is 1.10. The predicted molar refractivity (Wildman–Crippen MR) is 56.5 cm³/mol. The van der Waals surface area contributed by atoms with Crippen molar-refractivity contribution in [2.75, 3.05) is 0 Å². The fourth-order valence-corrected chi connectivity index (χ4v) is 1.85. The van der Waals surface area contributed by atoms with Gasteiger partial charge in [0, 0.05) is 0 Å². The van der Waals surface area contributed by atoms with Crippen LogP contribution in [0, 0.1) is 11.8 Å². The number of hydrogen-bond donors (Lipinski definition) is 1. The van der Waals surface area contributed by atoms with Gasteiger partial charge in [-0.25, -0.2) is 0 Å². The van der Waals surface area contributed by atoms with Crippen LogP contribution in [-0.4, -0.2) is 11.2 Å². The average molecular weight is 180 g/mol. The molecule has 3 atom stereocenters. The van der Waals surface area contributed by atoms with E-state index in [4.69, 9.17) is 0 Å². The molecule has 1 aliphatic rings. The summed E-state index contributed by atoms with van der Waals surface area (Å²) in [5, 5.41) is 9.37. The molecular weight excluding hydrogens is 160 g/mol. The van der Waals surface area contributed by atoms with E-state index in [2.05, 4.69) is 33.8 Å². The molecule has 3 unspecified atom stereocenters. The Kier molecular flexibility index (Phi) is 3.32. The summed E-state index contributed by atoms with van der Waals surface area (Å²) >= 11 is 0. The molecule has 0 aromatic heterocycles. The molecule has 13 heavy (non-hydrogen) atoms. The number of rotatable bonds is 2. The standard InChI is InChI=1S/C12H20O/c1-8(2)9(3)10(4)11-5-6-12(13)7-11/h5-6,10-13H,7H2,1-4H3. The maximum absolute atomic E-state index is 9.37. The molecule has 1 heteroatoms. The van der Waals surface area contributed by atoms with Crippen LogP contribution in [0.5, 0.6) is 0 Å². The second-order valence-electron chi connectivity index (χ2n) is 4.32. The van der Waals surface area contributed by atoms with Crippen LogP contribution >= 0.6 is 0 Å². The molecule has 1 rings (SSSR count). The normalized spacial score (nSPS) is 29.0. The maximum Gasteiger partial charge on any atom is 0.0726 e. The van der Waals surface area contributed by atoms with Crippen molar-refractivity contribution in [1.29, 1.82) is 0 Å². The van der Waals surface area contributed by atoms with Crippen molar-refractivity contribution in [3.05, 3.63) is 23.3 Å². The lowest BCUT2D eigenvalue weighted by molar-refractivity contribution is 0.202. The van der Waals surface area contributed by atoms with Crippen LogP contribution in [-0.2, 0) is 0 Å². The molecular formula is C12H20O. The Labute approximate surface area is 81.2 Å². The van der Waals surface area contributed by atoms with E-state index >= 15 is 0 Å². The fraction of sp³-hybridized carbons (Fsp3) is 0.667. The number of allylic oxidation sites excluding steroid dienone is 3. The van der Waals surface area contributed by atoms with E-state index in [1.807, 2.05) is 6.08 Å². The Morgan fingerprint density at radius 3 is 2.31 bits per heavy atom. The average Bonchev–Trinajstić information content (AvgIpc) is 2.49. The van der Waals surface area contributed by atoms with E-state index in [1.165, 1.54) is 11.1 Å². The first-order valence-electron chi connectivity index (χ1n) is 5.02. The smallest absolute Gasteiger partial charge is 0.0726 e. The monoisotopic (exact) mass is 180 g/mol. The molecule has 0 aliphatic heterocycles. The first kappa shape index (κ1) is 10.5. The van der Waals surface area contributed by atoms with Crippen molar-refractivity contribution in [3.63, 3.8) is 0 Å². The minimum Gasteiger partial charge on any atom is -0.389 e. The minimum absolute atomic E-state index is 0.211. The van der Waals surface area contributed by atoms with Crippen LogP contribution < -0.4 is 0 Å². The van der Waals surface area contributed by atoms with E-state index in [0.717, 1.165) is 6.42 Å². The van der Waals surface area contributed by atoms with Crippen LogP contribution in [0.3, 0.4) is 0 Å². The first-order valence-corrected chi connectivity index (χ1v) is 5.02. The molecule has 0 aromatic carbocycles. The van der Waals surface area contributed by atoms with Gasteiger partial charge >= 0.3 is 0 Å². The summed E-state index contributed by atoms with van der Waals surface area (Å²) in [6, 6.07) is 0. The van der Waals surface area contributed by atoms with E-state index in [9.17, 15) is 5.11 Å². The van der Waals surface area contributed by atoms with E-state index in [0.29, 0.717) is 11.8 Å². The molecule has 0 spiro atoms. The lowest BCUT2D eigenvalue weighted by atomic mass is 9.85. The topological polar surface area (TPSA) is 20.2 Å². The molecule has 0 saturated carbocycles. The van der Waals surface area contributed by atoms with Crippen LogP contribution in [0.2, 0.25) is 0 Å². The quantitative estimate of drug-likeness (QED) is 0.648. The zero-order chi connectivity index (χ0) is 10.0. The van der Waals surface area contributed by atoms with E-state index in [-0.39, 0.29) is 6.10 Å². The molecule has 0 aromatic rings. The number of aliphatic hydroxyl groups excluding tert-OH is 1. The molecule has 0 fully saturated rings. The molecule has 0 bridgehead atoms. The third kappa shape index (κ3) is 2.44. The first-order chi connectivity index (χ1) is 6.02. The van der Waals surface area contributed by atoms with Gasteiger partial charge in [0.1, 0.15) is 0 Å². The highest BCUT2D eigenvalue weighted by Crippen LogP contribution is 2.31. The zero-order valence-corrected chi connectivity index (χ0v) is 9.04. The highest BCUT2D eigenvalue weighted by atomic mass is 16.3. The Bertz CT molecular complexity index is 234. The van der Waals surface area contributed by atoms with Crippen LogP contribution in [0.4, 0.5) is 0 Å². The number of aliphatic hydroxyl groups is 1. The molecule has 0 heterocycles. The van der Waals surface area contributed by atoms with Crippen molar-refractivity contribution < 1.29 is 5.11 Å². The second-order valence-corrected chi connectivity index (χ2v) is 4.32. The summed E-state index contributed by atoms with van der Waals surface area (Å²) in [6.07, 6.45) is 4.75. The van der Waals surface area contributed by atoms with Gasteiger partial charge in [-0.05, 0) is 39.0 Å². The third-order valence-electron chi connectivity index (χ3n) is 3.21. The van der Waals surface area contributed by atoms with Gasteiger partial charge in [-0.2, -0.15) is 0 Å². The summed E-state index contributed by atoms with van der Waals surface area (Å²) in [7, 11) is 0. The molecule has 74 valence electrons. The predicted octanol–water partition coefficient (Wildman–Crippen LogP) is 2.92. The molecule has 0 amide bonds. The second kappa shape index (κ2) is 4.10. The lowest BCUT2D eigenvalue weighted by Crippen LogP contribution is -2.12. The van der Waals surface area contributed by atoms with Crippen molar-refractivity contribution in [1.82, 2.24) is 0 Å². The molecule has 1 aliphatic carbocycles. The van der Waals surface area contributed by atoms with Crippen LogP contribution in [0.15, 0.2) is 23.3 Å². The molecule has 0 saturated heterocycles. The molecule has 1 nitrogen and oxygen atoms in total. The highest BCUT2D eigenvalue weighted by molar-refractivity contribution is 5.16. The lowest BCUT2D eigenvalue weighted by Gasteiger charge is -2.20. The van der Waals surface area contributed by atoms with Crippen molar-refractivity contribution >= 4 is 0 Å². The Hall–Kier alpha value is -0.560. The van der Waals surface area contributed by atoms with Gasteiger partial charge < -0.3 is 5.11 Å². The van der Waals surface area contributed by atoms with Crippen molar-refractivity contribution in [2.45, 2.75) is 40.2 Å². The SMILES string of the molecule is CC(C)=C(C)C(C)C1C=CC(O)C1. The van der Waals surface area contributed by atoms with Gasteiger partial charge in [-0.1, -0.05) is 30.2 Å². The van der Waals surface area contributed by atoms with Gasteiger partial charge in [0.25, 0.3) is 0 Å². The summed E-state index contributed by atoms with van der Waals surface area (Å²) in [4.78, 5) is 0. The fourth-order valence-electron chi connectivity index (χ4n) is 1.85. The van der Waals surface area contributed by atoms with Crippen molar-refractivity contribution in [3.8, 4) is 0 Å². The summed E-state index contributed by atoms with van der Waals surface area (Å²) < 4.78 is 0. The zero-order valence-electron chi connectivity index (χ0n) is 9.04. The van der Waals surface area contributed by atoms with Gasteiger partial charge in [-0.15, -0.1) is 0 Å². The molecule has 1 N–H and O–H groups in total.